The molecule has 0 unspecified atom stereocenters. The van der Waals surface area contributed by atoms with Crippen LogP contribution in [0.1, 0.15) is 12.8 Å². The molecule has 0 spiro atoms. The number of hydrogen-bond acceptors (Lipinski definition) is 3. The van der Waals surface area contributed by atoms with Gasteiger partial charge in [-0.2, -0.15) is 0 Å². The molecule has 1 aromatic rings. The van der Waals surface area contributed by atoms with Crippen molar-refractivity contribution in [2.75, 3.05) is 31.9 Å². The number of rotatable bonds is 4. The van der Waals surface area contributed by atoms with E-state index in [4.69, 9.17) is 0 Å². The van der Waals surface area contributed by atoms with Crippen LogP contribution in [0.2, 0.25) is 0 Å². The Labute approximate surface area is 127 Å². The Morgan fingerprint density at radius 1 is 1.26 bits per heavy atom. The number of nitrogens with zero attached hydrogens (tertiary/aromatic N) is 1. The van der Waals surface area contributed by atoms with E-state index in [0.29, 0.717) is 6.42 Å². The molecule has 0 saturated carbocycles. The van der Waals surface area contributed by atoms with Gasteiger partial charge in [0.15, 0.2) is 0 Å². The van der Waals surface area contributed by atoms with E-state index in [9.17, 15) is 4.79 Å². The first kappa shape index (κ1) is 14.9. The Kier molecular flexibility index (Phi) is 6.20. The zero-order chi connectivity index (χ0) is 13.5. The summed E-state index contributed by atoms with van der Waals surface area (Å²) in [5.74, 6) is 1.14. The summed E-state index contributed by atoms with van der Waals surface area (Å²) in [4.78, 5) is 15.3. The zero-order valence-corrected chi connectivity index (χ0v) is 13.3. The smallest absolute Gasteiger partial charge is 0.223 e. The predicted octanol–water partition coefficient (Wildman–Crippen LogP) is 2.75. The molecule has 0 aromatic heterocycles. The van der Waals surface area contributed by atoms with Crippen molar-refractivity contribution in [1.29, 1.82) is 0 Å². The molecule has 5 heteroatoms. The van der Waals surface area contributed by atoms with Crippen molar-refractivity contribution in [3.63, 3.8) is 0 Å². The van der Waals surface area contributed by atoms with E-state index in [1.54, 1.807) is 11.8 Å². The van der Waals surface area contributed by atoms with Gasteiger partial charge in [0.2, 0.25) is 5.91 Å². The minimum absolute atomic E-state index is 0.285. The van der Waals surface area contributed by atoms with Crippen LogP contribution in [-0.2, 0) is 4.79 Å². The normalized spacial score (nSPS) is 16.2. The van der Waals surface area contributed by atoms with E-state index >= 15 is 0 Å². The van der Waals surface area contributed by atoms with Crippen LogP contribution in [0.4, 0.5) is 0 Å². The van der Waals surface area contributed by atoms with Crippen LogP contribution < -0.4 is 5.32 Å². The Bertz CT molecular complexity index is 402. The van der Waals surface area contributed by atoms with Gasteiger partial charge in [-0.05, 0) is 37.2 Å². The first-order valence-electron chi connectivity index (χ1n) is 6.62. The number of carbonyl (C=O) groups is 1. The van der Waals surface area contributed by atoms with Gasteiger partial charge in [-0.1, -0.05) is 15.9 Å². The number of benzene rings is 1. The Morgan fingerprint density at radius 3 is 2.84 bits per heavy atom. The van der Waals surface area contributed by atoms with Crippen LogP contribution in [0.3, 0.4) is 0 Å². The number of amides is 1. The van der Waals surface area contributed by atoms with Crippen LogP contribution in [0.5, 0.6) is 0 Å². The van der Waals surface area contributed by atoms with Crippen molar-refractivity contribution < 1.29 is 4.79 Å². The first-order chi connectivity index (χ1) is 9.25. The van der Waals surface area contributed by atoms with E-state index in [1.807, 2.05) is 17.0 Å². The van der Waals surface area contributed by atoms with Gasteiger partial charge < -0.3 is 10.2 Å². The van der Waals surface area contributed by atoms with Crippen molar-refractivity contribution >= 4 is 33.6 Å². The largest absolute Gasteiger partial charge is 0.341 e. The second kappa shape index (κ2) is 7.92. The van der Waals surface area contributed by atoms with Gasteiger partial charge in [0, 0.05) is 41.2 Å². The third kappa shape index (κ3) is 5.16. The molecule has 19 heavy (non-hydrogen) atoms. The molecule has 1 N–H and O–H groups in total. The highest BCUT2D eigenvalue weighted by atomic mass is 79.9. The Morgan fingerprint density at radius 2 is 2.05 bits per heavy atom. The van der Waals surface area contributed by atoms with Crippen LogP contribution in [0.15, 0.2) is 33.6 Å². The minimum atomic E-state index is 0.285. The molecule has 104 valence electrons. The van der Waals surface area contributed by atoms with Crippen molar-refractivity contribution in [2.45, 2.75) is 17.7 Å². The standard InChI is InChI=1S/C14H19BrN2OS/c15-12-2-4-13(5-3-12)19-11-6-14(18)17-9-1-7-16-8-10-17/h2-5,16H,1,6-11H2. The fourth-order valence-corrected chi connectivity index (χ4v) is 3.15. The Balaban J connectivity index is 1.72. The molecule has 2 rings (SSSR count). The summed E-state index contributed by atoms with van der Waals surface area (Å²) in [6, 6.07) is 8.22. The molecule has 0 atom stereocenters. The average molecular weight is 343 g/mol. The molecule has 1 heterocycles. The molecule has 1 aromatic carbocycles. The fourth-order valence-electron chi connectivity index (χ4n) is 2.04. The van der Waals surface area contributed by atoms with E-state index in [-0.39, 0.29) is 5.91 Å². The first-order valence-corrected chi connectivity index (χ1v) is 8.40. The highest BCUT2D eigenvalue weighted by molar-refractivity contribution is 9.10. The van der Waals surface area contributed by atoms with Gasteiger partial charge in [0.25, 0.3) is 0 Å². The van der Waals surface area contributed by atoms with Gasteiger partial charge >= 0.3 is 0 Å². The van der Waals surface area contributed by atoms with Gasteiger partial charge in [0.05, 0.1) is 0 Å². The lowest BCUT2D eigenvalue weighted by Gasteiger charge is -2.19. The molecule has 0 bridgehead atoms. The maximum atomic E-state index is 12.1. The SMILES string of the molecule is O=C(CCSc1ccc(Br)cc1)N1CCCNCC1. The summed E-state index contributed by atoms with van der Waals surface area (Å²) in [5, 5.41) is 3.32. The highest BCUT2D eigenvalue weighted by Crippen LogP contribution is 2.21. The number of hydrogen-bond donors (Lipinski definition) is 1. The van der Waals surface area contributed by atoms with E-state index in [0.717, 1.165) is 42.8 Å². The summed E-state index contributed by atoms with van der Waals surface area (Å²) in [6.45, 7) is 3.69. The Hall–Kier alpha value is -0.520. The van der Waals surface area contributed by atoms with Gasteiger partial charge in [-0.15, -0.1) is 11.8 Å². The van der Waals surface area contributed by atoms with Gasteiger partial charge in [-0.25, -0.2) is 0 Å². The lowest BCUT2D eigenvalue weighted by molar-refractivity contribution is -0.130. The lowest BCUT2D eigenvalue weighted by atomic mass is 10.3. The quantitative estimate of drug-likeness (QED) is 0.854. The maximum absolute atomic E-state index is 12.1. The fraction of sp³-hybridized carbons (Fsp3) is 0.500. The van der Waals surface area contributed by atoms with Crippen LogP contribution >= 0.6 is 27.7 Å². The van der Waals surface area contributed by atoms with E-state index in [1.165, 1.54) is 4.90 Å². The third-order valence-corrected chi connectivity index (χ3v) is 4.63. The summed E-state index contributed by atoms with van der Waals surface area (Å²) in [6.07, 6.45) is 1.69. The predicted molar refractivity (Wildman–Crippen MR) is 83.5 cm³/mol. The molecule has 1 amide bonds. The van der Waals surface area contributed by atoms with E-state index in [2.05, 4.69) is 33.4 Å². The number of halogens is 1. The number of carbonyl (C=O) groups excluding carboxylic acids is 1. The van der Waals surface area contributed by atoms with Gasteiger partial charge in [0.1, 0.15) is 0 Å². The van der Waals surface area contributed by atoms with Crippen molar-refractivity contribution in [2.24, 2.45) is 0 Å². The monoisotopic (exact) mass is 342 g/mol. The molecule has 1 saturated heterocycles. The average Bonchev–Trinajstić information content (AvgIpc) is 2.70. The molecular formula is C14H19BrN2OS. The second-order valence-corrected chi connectivity index (χ2v) is 6.62. The summed E-state index contributed by atoms with van der Waals surface area (Å²) < 4.78 is 1.09. The molecule has 1 fully saturated rings. The van der Waals surface area contributed by atoms with Crippen molar-refractivity contribution in [3.05, 3.63) is 28.7 Å². The minimum Gasteiger partial charge on any atom is -0.341 e. The summed E-state index contributed by atoms with van der Waals surface area (Å²) >= 11 is 5.16. The molecular weight excluding hydrogens is 324 g/mol. The van der Waals surface area contributed by atoms with Crippen LogP contribution in [0.25, 0.3) is 0 Å². The maximum Gasteiger partial charge on any atom is 0.223 e. The van der Waals surface area contributed by atoms with Crippen molar-refractivity contribution in [3.8, 4) is 0 Å². The highest BCUT2D eigenvalue weighted by Gasteiger charge is 2.14. The summed E-state index contributed by atoms with van der Waals surface area (Å²) in [7, 11) is 0. The zero-order valence-electron chi connectivity index (χ0n) is 10.9. The molecule has 1 aliphatic heterocycles. The van der Waals surface area contributed by atoms with Crippen LogP contribution in [-0.4, -0.2) is 42.7 Å². The summed E-state index contributed by atoms with van der Waals surface area (Å²) in [5.41, 5.74) is 0. The van der Waals surface area contributed by atoms with Crippen molar-refractivity contribution in [1.82, 2.24) is 10.2 Å². The topological polar surface area (TPSA) is 32.3 Å². The number of nitrogens with one attached hydrogen (secondary N) is 1. The molecule has 3 nitrogen and oxygen atoms in total. The van der Waals surface area contributed by atoms with Gasteiger partial charge in [-0.3, -0.25) is 4.79 Å². The third-order valence-electron chi connectivity index (χ3n) is 3.09. The van der Waals surface area contributed by atoms with E-state index < -0.39 is 0 Å². The molecule has 0 aliphatic carbocycles. The lowest BCUT2D eigenvalue weighted by Crippen LogP contribution is -2.34. The molecule has 1 aliphatic rings. The number of thioether (sulfide) groups is 1. The van der Waals surface area contributed by atoms with Crippen LogP contribution in [0, 0.1) is 0 Å². The second-order valence-electron chi connectivity index (χ2n) is 4.54. The molecule has 0 radical (unpaired) electrons.